The lowest BCUT2D eigenvalue weighted by molar-refractivity contribution is -0.384. The van der Waals surface area contributed by atoms with Crippen LogP contribution in [-0.2, 0) is 4.79 Å². The molecule has 0 radical (unpaired) electrons. The molecule has 0 fully saturated rings. The van der Waals surface area contributed by atoms with Gasteiger partial charge in [0.25, 0.3) is 5.69 Å². The molecule has 1 aromatic rings. The Balaban J connectivity index is 2.79. The third-order valence-corrected chi connectivity index (χ3v) is 3.29. The molecule has 0 saturated heterocycles. The van der Waals surface area contributed by atoms with Crippen LogP contribution in [0.2, 0.25) is 0 Å². The Kier molecular flexibility index (Phi) is 5.65. The Morgan fingerprint density at radius 1 is 1.38 bits per heavy atom. The number of hydrogen-bond acceptors (Lipinski definition) is 4. The molecular formula is C12H14BrN3O5. The number of aliphatic carboxylic acids is 1. The molecule has 9 heteroatoms. The number of nitrogens with one attached hydrogen (secondary N) is 2. The first kappa shape index (κ1) is 16.9. The van der Waals surface area contributed by atoms with Gasteiger partial charge in [0.2, 0.25) is 0 Å². The van der Waals surface area contributed by atoms with Crippen LogP contribution in [-0.4, -0.2) is 28.1 Å². The summed E-state index contributed by atoms with van der Waals surface area (Å²) >= 11 is 3.10. The topological polar surface area (TPSA) is 122 Å². The van der Waals surface area contributed by atoms with Gasteiger partial charge < -0.3 is 15.7 Å². The molecule has 1 aromatic carbocycles. The summed E-state index contributed by atoms with van der Waals surface area (Å²) in [6, 6.07) is 2.10. The lowest BCUT2D eigenvalue weighted by Gasteiger charge is -2.18. The average Bonchev–Trinajstić information content (AvgIpc) is 2.37. The van der Waals surface area contributed by atoms with E-state index in [4.69, 9.17) is 5.11 Å². The van der Waals surface area contributed by atoms with Gasteiger partial charge in [-0.05, 0) is 27.9 Å². The van der Waals surface area contributed by atoms with Crippen molar-refractivity contribution >= 4 is 39.3 Å². The van der Waals surface area contributed by atoms with Gasteiger partial charge in [-0.1, -0.05) is 13.8 Å². The number of urea groups is 1. The lowest BCUT2D eigenvalue weighted by Crippen LogP contribution is -2.46. The third-order valence-electron chi connectivity index (χ3n) is 2.63. The number of benzene rings is 1. The molecule has 0 aliphatic carbocycles. The molecule has 0 saturated carbocycles. The largest absolute Gasteiger partial charge is 0.480 e. The van der Waals surface area contributed by atoms with Crippen molar-refractivity contribution in [2.24, 2.45) is 5.92 Å². The zero-order valence-corrected chi connectivity index (χ0v) is 12.9. The monoisotopic (exact) mass is 359 g/mol. The van der Waals surface area contributed by atoms with E-state index in [0.29, 0.717) is 10.2 Å². The van der Waals surface area contributed by atoms with Gasteiger partial charge in [0.05, 0.1) is 10.6 Å². The van der Waals surface area contributed by atoms with Crippen LogP contribution >= 0.6 is 15.9 Å². The van der Waals surface area contributed by atoms with E-state index in [1.165, 1.54) is 18.2 Å². The number of halogens is 1. The van der Waals surface area contributed by atoms with E-state index >= 15 is 0 Å². The summed E-state index contributed by atoms with van der Waals surface area (Å²) in [5.41, 5.74) is 0.171. The molecule has 0 spiro atoms. The van der Waals surface area contributed by atoms with E-state index in [1.807, 2.05) is 0 Å². The maximum atomic E-state index is 11.8. The Hall–Kier alpha value is -2.16. The fourth-order valence-electron chi connectivity index (χ4n) is 1.53. The highest BCUT2D eigenvalue weighted by molar-refractivity contribution is 9.10. The van der Waals surface area contributed by atoms with Crippen molar-refractivity contribution in [2.75, 3.05) is 5.32 Å². The minimum Gasteiger partial charge on any atom is -0.480 e. The van der Waals surface area contributed by atoms with Crippen molar-refractivity contribution in [3.05, 3.63) is 32.8 Å². The first-order valence-corrected chi connectivity index (χ1v) is 6.76. The van der Waals surface area contributed by atoms with Gasteiger partial charge in [-0.3, -0.25) is 10.1 Å². The quantitative estimate of drug-likeness (QED) is 0.550. The summed E-state index contributed by atoms with van der Waals surface area (Å²) in [5, 5.41) is 24.3. The van der Waals surface area contributed by atoms with E-state index in [0.717, 1.165) is 0 Å². The van der Waals surface area contributed by atoms with E-state index < -0.39 is 23.0 Å². The number of anilines is 1. The SMILES string of the molecule is CC(C)C(NC(=O)Nc1ccc([N+](=O)[O-])cc1Br)C(=O)O. The molecule has 0 aliphatic rings. The summed E-state index contributed by atoms with van der Waals surface area (Å²) < 4.78 is 0.322. The minimum atomic E-state index is -1.14. The number of carbonyl (C=O) groups is 2. The maximum Gasteiger partial charge on any atom is 0.326 e. The smallest absolute Gasteiger partial charge is 0.326 e. The van der Waals surface area contributed by atoms with Gasteiger partial charge >= 0.3 is 12.0 Å². The molecule has 0 heterocycles. The van der Waals surface area contributed by atoms with E-state index in [2.05, 4.69) is 26.6 Å². The van der Waals surface area contributed by atoms with E-state index in [9.17, 15) is 19.7 Å². The van der Waals surface area contributed by atoms with Gasteiger partial charge in [0, 0.05) is 16.6 Å². The van der Waals surface area contributed by atoms with Crippen molar-refractivity contribution in [2.45, 2.75) is 19.9 Å². The zero-order valence-electron chi connectivity index (χ0n) is 11.3. The molecule has 1 unspecified atom stereocenters. The Bertz CT molecular complexity index is 576. The summed E-state index contributed by atoms with van der Waals surface area (Å²) in [6.07, 6.45) is 0. The fraction of sp³-hybridized carbons (Fsp3) is 0.333. The second kappa shape index (κ2) is 7.02. The standard InChI is InChI=1S/C12H14BrN3O5/c1-6(2)10(11(17)18)15-12(19)14-9-4-3-7(16(20)21)5-8(9)13/h3-6,10H,1-2H3,(H,17,18)(H2,14,15,19). The predicted octanol–water partition coefficient (Wildman–Crippen LogP) is 2.59. The van der Waals surface area contributed by atoms with Crippen molar-refractivity contribution in [3.8, 4) is 0 Å². The number of carboxylic acid groups (broad SMARTS) is 1. The van der Waals surface area contributed by atoms with Crippen LogP contribution in [0.15, 0.2) is 22.7 Å². The minimum absolute atomic E-state index is 0.126. The number of rotatable bonds is 5. The van der Waals surface area contributed by atoms with E-state index in [1.54, 1.807) is 13.8 Å². The van der Waals surface area contributed by atoms with Gasteiger partial charge in [0.1, 0.15) is 6.04 Å². The van der Waals surface area contributed by atoms with Crippen LogP contribution < -0.4 is 10.6 Å². The van der Waals surface area contributed by atoms with Gasteiger partial charge in [-0.25, -0.2) is 9.59 Å². The number of carbonyl (C=O) groups excluding carboxylic acids is 1. The molecule has 21 heavy (non-hydrogen) atoms. The predicted molar refractivity (Wildman–Crippen MR) is 79.2 cm³/mol. The number of non-ortho nitro benzene ring substituents is 1. The Morgan fingerprint density at radius 3 is 2.43 bits per heavy atom. The highest BCUT2D eigenvalue weighted by Gasteiger charge is 2.23. The molecule has 1 atom stereocenters. The molecule has 0 aromatic heterocycles. The molecule has 8 nitrogen and oxygen atoms in total. The Morgan fingerprint density at radius 2 is 2.00 bits per heavy atom. The van der Waals surface area contributed by atoms with Gasteiger partial charge in [-0.15, -0.1) is 0 Å². The molecular weight excluding hydrogens is 346 g/mol. The molecule has 1 rings (SSSR count). The van der Waals surface area contributed by atoms with Crippen molar-refractivity contribution in [1.29, 1.82) is 0 Å². The van der Waals surface area contributed by atoms with Crippen LogP contribution in [0.3, 0.4) is 0 Å². The van der Waals surface area contributed by atoms with Crippen LogP contribution in [0.4, 0.5) is 16.2 Å². The first-order chi connectivity index (χ1) is 9.72. The van der Waals surface area contributed by atoms with Crippen molar-refractivity contribution in [3.63, 3.8) is 0 Å². The van der Waals surface area contributed by atoms with Gasteiger partial charge in [-0.2, -0.15) is 0 Å². The van der Waals surface area contributed by atoms with Crippen molar-refractivity contribution in [1.82, 2.24) is 5.32 Å². The number of nitrogens with zero attached hydrogens (tertiary/aromatic N) is 1. The lowest BCUT2D eigenvalue weighted by atomic mass is 10.1. The summed E-state index contributed by atoms with van der Waals surface area (Å²) in [5.74, 6) is -1.42. The molecule has 2 amide bonds. The van der Waals surface area contributed by atoms with Crippen LogP contribution in [0.1, 0.15) is 13.8 Å². The fourth-order valence-corrected chi connectivity index (χ4v) is 2.00. The molecule has 0 aliphatic heterocycles. The highest BCUT2D eigenvalue weighted by Crippen LogP contribution is 2.27. The number of hydrogen-bond donors (Lipinski definition) is 3. The number of amides is 2. The van der Waals surface area contributed by atoms with Crippen LogP contribution in [0, 0.1) is 16.0 Å². The number of nitro groups is 1. The highest BCUT2D eigenvalue weighted by atomic mass is 79.9. The number of carboxylic acids is 1. The average molecular weight is 360 g/mol. The first-order valence-electron chi connectivity index (χ1n) is 5.96. The second-order valence-electron chi connectivity index (χ2n) is 4.58. The normalized spacial score (nSPS) is 11.8. The van der Waals surface area contributed by atoms with Crippen LogP contribution in [0.5, 0.6) is 0 Å². The molecule has 0 bridgehead atoms. The number of nitro benzene ring substituents is 1. The summed E-state index contributed by atoms with van der Waals surface area (Å²) in [7, 11) is 0. The third kappa shape index (κ3) is 4.71. The van der Waals surface area contributed by atoms with Gasteiger partial charge in [0.15, 0.2) is 0 Å². The van der Waals surface area contributed by atoms with Crippen molar-refractivity contribution < 1.29 is 19.6 Å². The molecule has 3 N–H and O–H groups in total. The summed E-state index contributed by atoms with van der Waals surface area (Å²) in [6.45, 7) is 3.34. The van der Waals surface area contributed by atoms with Crippen LogP contribution in [0.25, 0.3) is 0 Å². The molecule has 114 valence electrons. The summed E-state index contributed by atoms with van der Waals surface area (Å²) in [4.78, 5) is 32.8. The van der Waals surface area contributed by atoms with E-state index in [-0.39, 0.29) is 11.6 Å². The second-order valence-corrected chi connectivity index (χ2v) is 5.43. The maximum absolute atomic E-state index is 11.8. The Labute approximate surface area is 128 Å². The zero-order chi connectivity index (χ0) is 16.2.